The van der Waals surface area contributed by atoms with E-state index < -0.39 is 29.0 Å². The van der Waals surface area contributed by atoms with E-state index in [2.05, 4.69) is 9.97 Å². The van der Waals surface area contributed by atoms with Gasteiger partial charge in [0, 0.05) is 12.1 Å². The summed E-state index contributed by atoms with van der Waals surface area (Å²) in [7, 11) is 0. The van der Waals surface area contributed by atoms with Crippen molar-refractivity contribution in [3.05, 3.63) is 52.8 Å². The zero-order valence-electron chi connectivity index (χ0n) is 9.12. The summed E-state index contributed by atoms with van der Waals surface area (Å²) in [6, 6.07) is 0.894. The van der Waals surface area contributed by atoms with Crippen LogP contribution >= 0.6 is 11.6 Å². The summed E-state index contributed by atoms with van der Waals surface area (Å²) >= 11 is 5.52. The highest BCUT2D eigenvalue weighted by Gasteiger charge is 2.16. The Morgan fingerprint density at radius 2 is 1.79 bits per heavy atom. The van der Waals surface area contributed by atoms with E-state index in [1.165, 1.54) is 6.20 Å². The quantitative estimate of drug-likeness (QED) is 0.924. The maximum Gasteiger partial charge on any atom is 0.276 e. The van der Waals surface area contributed by atoms with Crippen LogP contribution in [0.4, 0.5) is 18.9 Å². The molecule has 0 saturated heterocycles. The monoisotopic (exact) mass is 287 g/mol. The number of benzene rings is 1. The number of nitrogens with one attached hydrogen (secondary N) is 1. The zero-order valence-corrected chi connectivity index (χ0v) is 9.88. The van der Waals surface area contributed by atoms with E-state index in [1.54, 1.807) is 0 Å². The van der Waals surface area contributed by atoms with Crippen molar-refractivity contribution in [2.75, 3.05) is 5.32 Å². The first kappa shape index (κ1) is 13.3. The lowest BCUT2D eigenvalue weighted by Gasteiger charge is -2.07. The van der Waals surface area contributed by atoms with Gasteiger partial charge < -0.3 is 5.32 Å². The summed E-state index contributed by atoms with van der Waals surface area (Å²) in [5.41, 5.74) is -0.996. The lowest BCUT2D eigenvalue weighted by atomic mass is 10.2. The second kappa shape index (κ2) is 5.23. The molecular weight excluding hydrogens is 283 g/mol. The summed E-state index contributed by atoms with van der Waals surface area (Å²) < 4.78 is 39.3. The number of hydrogen-bond donors (Lipinski definition) is 1. The number of nitrogens with zero attached hydrogens (tertiary/aromatic N) is 2. The Hall–Kier alpha value is -2.15. The highest BCUT2D eigenvalue weighted by Crippen LogP contribution is 2.20. The molecule has 2 rings (SSSR count). The molecule has 1 amide bonds. The molecule has 0 radical (unpaired) electrons. The Morgan fingerprint density at radius 1 is 1.16 bits per heavy atom. The van der Waals surface area contributed by atoms with Crippen molar-refractivity contribution in [1.29, 1.82) is 0 Å². The van der Waals surface area contributed by atoms with Crippen LogP contribution in [0.25, 0.3) is 0 Å². The van der Waals surface area contributed by atoms with Crippen molar-refractivity contribution in [2.24, 2.45) is 0 Å². The summed E-state index contributed by atoms with van der Waals surface area (Å²) in [4.78, 5) is 18.9. The van der Waals surface area contributed by atoms with Crippen molar-refractivity contribution in [3.63, 3.8) is 0 Å². The Morgan fingerprint density at radius 3 is 2.37 bits per heavy atom. The van der Waals surface area contributed by atoms with Crippen molar-refractivity contribution in [3.8, 4) is 0 Å². The molecule has 0 fully saturated rings. The molecule has 98 valence electrons. The van der Waals surface area contributed by atoms with E-state index in [4.69, 9.17) is 11.6 Å². The summed E-state index contributed by atoms with van der Waals surface area (Å²) in [6.07, 6.45) is 2.26. The number of halogens is 4. The van der Waals surface area contributed by atoms with Crippen molar-refractivity contribution < 1.29 is 18.0 Å². The molecule has 0 atom stereocenters. The smallest absolute Gasteiger partial charge is 0.276 e. The van der Waals surface area contributed by atoms with Gasteiger partial charge in [-0.2, -0.15) is 0 Å². The Kier molecular flexibility index (Phi) is 3.66. The van der Waals surface area contributed by atoms with Crippen LogP contribution in [-0.2, 0) is 0 Å². The van der Waals surface area contributed by atoms with Gasteiger partial charge in [0.2, 0.25) is 0 Å². The van der Waals surface area contributed by atoms with E-state index in [9.17, 15) is 18.0 Å². The van der Waals surface area contributed by atoms with E-state index >= 15 is 0 Å². The Labute approximate surface area is 110 Å². The number of carbonyl (C=O) groups is 1. The molecule has 4 nitrogen and oxygen atoms in total. The van der Waals surface area contributed by atoms with Crippen LogP contribution < -0.4 is 5.32 Å². The zero-order chi connectivity index (χ0) is 14.0. The van der Waals surface area contributed by atoms with Gasteiger partial charge in [0.15, 0.2) is 11.6 Å². The fraction of sp³-hybridized carbons (Fsp3) is 0. The third kappa shape index (κ3) is 3.00. The van der Waals surface area contributed by atoms with E-state index in [0.29, 0.717) is 12.1 Å². The highest BCUT2D eigenvalue weighted by atomic mass is 35.5. The first-order valence-electron chi connectivity index (χ1n) is 4.91. The van der Waals surface area contributed by atoms with Gasteiger partial charge >= 0.3 is 0 Å². The second-order valence-electron chi connectivity index (χ2n) is 3.43. The minimum atomic E-state index is -1.24. The molecule has 0 unspecified atom stereocenters. The first-order chi connectivity index (χ1) is 8.97. The van der Waals surface area contributed by atoms with Crippen LogP contribution in [0.5, 0.6) is 0 Å². The predicted octanol–water partition coefficient (Wildman–Crippen LogP) is 2.80. The minimum Gasteiger partial charge on any atom is -0.316 e. The van der Waals surface area contributed by atoms with Crippen LogP contribution in [0.2, 0.25) is 5.15 Å². The lowest BCUT2D eigenvalue weighted by molar-refractivity contribution is 0.102. The standard InChI is InChI=1S/C11H5ClF3N3O/c12-9-4-16-3-8(17-9)11(19)18-10-6(14)1-5(13)2-7(10)15/h1-4H,(H,18,19). The van der Waals surface area contributed by atoms with Crippen LogP contribution in [0.15, 0.2) is 24.5 Å². The molecule has 1 aromatic heterocycles. The fourth-order valence-corrected chi connectivity index (χ4v) is 1.44. The van der Waals surface area contributed by atoms with Gasteiger partial charge in [-0.1, -0.05) is 11.6 Å². The number of hydrogen-bond acceptors (Lipinski definition) is 3. The van der Waals surface area contributed by atoms with Gasteiger partial charge in [-0.05, 0) is 0 Å². The molecule has 2 aromatic rings. The number of carbonyl (C=O) groups excluding carboxylic acids is 1. The molecule has 0 saturated carbocycles. The number of anilines is 1. The van der Waals surface area contributed by atoms with E-state index in [-0.39, 0.29) is 10.8 Å². The summed E-state index contributed by atoms with van der Waals surface area (Å²) in [5.74, 6) is -4.48. The number of rotatable bonds is 2. The fourth-order valence-electron chi connectivity index (χ4n) is 1.29. The predicted molar refractivity (Wildman–Crippen MR) is 61.3 cm³/mol. The molecule has 8 heteroatoms. The van der Waals surface area contributed by atoms with Gasteiger partial charge in [-0.25, -0.2) is 18.2 Å². The Balaban J connectivity index is 2.29. The summed E-state index contributed by atoms with van der Waals surface area (Å²) in [6.45, 7) is 0. The Bertz CT molecular complexity index is 628. The molecule has 1 aromatic carbocycles. The maximum absolute atomic E-state index is 13.3. The highest BCUT2D eigenvalue weighted by molar-refractivity contribution is 6.29. The van der Waals surface area contributed by atoms with E-state index in [0.717, 1.165) is 6.20 Å². The molecular formula is C11H5ClF3N3O. The molecule has 0 aliphatic heterocycles. The summed E-state index contributed by atoms with van der Waals surface area (Å²) in [5, 5.41) is 1.88. The normalized spacial score (nSPS) is 10.3. The minimum absolute atomic E-state index is 0.0484. The average Bonchev–Trinajstić information content (AvgIpc) is 2.33. The largest absolute Gasteiger partial charge is 0.316 e. The van der Waals surface area contributed by atoms with Gasteiger partial charge in [0.05, 0.1) is 12.4 Å². The van der Waals surface area contributed by atoms with Crippen molar-refractivity contribution in [2.45, 2.75) is 0 Å². The first-order valence-corrected chi connectivity index (χ1v) is 5.28. The lowest BCUT2D eigenvalue weighted by Crippen LogP contribution is -2.16. The molecule has 0 bridgehead atoms. The molecule has 0 spiro atoms. The average molecular weight is 288 g/mol. The molecule has 19 heavy (non-hydrogen) atoms. The van der Waals surface area contributed by atoms with Crippen LogP contribution in [0, 0.1) is 17.5 Å². The van der Waals surface area contributed by atoms with Crippen LogP contribution in [0.3, 0.4) is 0 Å². The van der Waals surface area contributed by atoms with Crippen LogP contribution in [0.1, 0.15) is 10.5 Å². The topological polar surface area (TPSA) is 54.9 Å². The molecule has 1 heterocycles. The molecule has 0 aliphatic rings. The van der Waals surface area contributed by atoms with Crippen LogP contribution in [-0.4, -0.2) is 15.9 Å². The third-order valence-electron chi connectivity index (χ3n) is 2.08. The van der Waals surface area contributed by atoms with Gasteiger partial charge in [-0.15, -0.1) is 0 Å². The molecule has 0 aliphatic carbocycles. The third-order valence-corrected chi connectivity index (χ3v) is 2.27. The number of amides is 1. The van der Waals surface area contributed by atoms with Gasteiger partial charge in [0.1, 0.15) is 22.4 Å². The van der Waals surface area contributed by atoms with Gasteiger partial charge in [0.25, 0.3) is 5.91 Å². The van der Waals surface area contributed by atoms with Crippen molar-refractivity contribution in [1.82, 2.24) is 9.97 Å². The van der Waals surface area contributed by atoms with Gasteiger partial charge in [-0.3, -0.25) is 9.78 Å². The molecule has 1 N–H and O–H groups in total. The number of aromatic nitrogens is 2. The second-order valence-corrected chi connectivity index (χ2v) is 3.81. The maximum atomic E-state index is 13.3. The van der Waals surface area contributed by atoms with E-state index in [1.807, 2.05) is 5.32 Å². The SMILES string of the molecule is O=C(Nc1c(F)cc(F)cc1F)c1cncc(Cl)n1. The van der Waals surface area contributed by atoms with Crippen molar-refractivity contribution >= 4 is 23.2 Å².